The molecule has 0 unspecified atom stereocenters. The summed E-state index contributed by atoms with van der Waals surface area (Å²) in [5.74, 6) is -1.52. The Balaban J connectivity index is 1.36. The Hall–Kier alpha value is -3.60. The molecule has 5 N–H and O–H groups in total. The number of hydrogen-bond acceptors (Lipinski definition) is 11. The summed E-state index contributed by atoms with van der Waals surface area (Å²) < 4.78 is 3.88. The van der Waals surface area contributed by atoms with E-state index >= 15 is 0 Å². The van der Waals surface area contributed by atoms with Gasteiger partial charge in [0.05, 0.1) is 6.61 Å². The summed E-state index contributed by atoms with van der Waals surface area (Å²) in [4.78, 5) is 48.5. The molecular weight excluding hydrogens is 566 g/mol. The van der Waals surface area contributed by atoms with Crippen molar-refractivity contribution in [2.45, 2.75) is 23.0 Å². The molecule has 39 heavy (non-hydrogen) atoms. The van der Waals surface area contributed by atoms with Gasteiger partial charge in [-0.2, -0.15) is 4.40 Å². The number of aliphatic carboxylic acids is 1. The van der Waals surface area contributed by atoms with E-state index in [9.17, 15) is 24.6 Å². The van der Waals surface area contributed by atoms with Crippen molar-refractivity contribution in [3.63, 3.8) is 0 Å². The van der Waals surface area contributed by atoms with Crippen LogP contribution in [-0.4, -0.2) is 84.6 Å². The molecule has 13 nitrogen and oxygen atoms in total. The molecule has 3 aromatic rings. The minimum Gasteiger partial charge on any atom is -0.477 e. The lowest BCUT2D eigenvalue weighted by Crippen LogP contribution is -2.71. The van der Waals surface area contributed by atoms with Crippen molar-refractivity contribution in [3.05, 3.63) is 52.9 Å². The van der Waals surface area contributed by atoms with Crippen LogP contribution in [0, 0.1) is 0 Å². The third-order valence-corrected chi connectivity index (χ3v) is 9.09. The molecule has 1 saturated heterocycles. The first-order valence-electron chi connectivity index (χ1n) is 11.6. The fourth-order valence-corrected chi connectivity index (χ4v) is 7.06. The number of anilines is 1. The normalized spacial score (nSPS) is 19.2. The second-order valence-corrected chi connectivity index (χ2v) is 11.5. The number of nitrogens with two attached hydrogens (primary N) is 1. The highest BCUT2D eigenvalue weighted by Crippen LogP contribution is 2.40. The van der Waals surface area contributed by atoms with Crippen molar-refractivity contribution in [2.24, 2.45) is 5.16 Å². The topological polar surface area (TPSA) is 176 Å². The van der Waals surface area contributed by atoms with E-state index in [2.05, 4.69) is 15.5 Å². The molecule has 0 saturated carbocycles. The van der Waals surface area contributed by atoms with Crippen LogP contribution >= 0.6 is 34.9 Å². The van der Waals surface area contributed by atoms with E-state index in [-0.39, 0.29) is 35.4 Å². The fraction of sp³-hybridized carbons (Fsp3) is 0.304. The van der Waals surface area contributed by atoms with Crippen molar-refractivity contribution >= 4 is 69.1 Å². The molecule has 0 spiro atoms. The molecule has 1 fully saturated rings. The van der Waals surface area contributed by atoms with Gasteiger partial charge < -0.3 is 26.1 Å². The Bertz CT molecular complexity index is 1520. The van der Waals surface area contributed by atoms with Crippen LogP contribution in [0.2, 0.25) is 0 Å². The van der Waals surface area contributed by atoms with Crippen LogP contribution in [0.1, 0.15) is 5.69 Å². The molecule has 3 aromatic heterocycles. The van der Waals surface area contributed by atoms with Gasteiger partial charge in [-0.1, -0.05) is 16.9 Å². The molecule has 2 atom stereocenters. The number of fused-ring (bicyclic) bond motifs is 2. The zero-order valence-corrected chi connectivity index (χ0v) is 23.0. The van der Waals surface area contributed by atoms with Gasteiger partial charge in [0.15, 0.2) is 15.9 Å². The number of oxime groups is 1. The number of amides is 2. The van der Waals surface area contributed by atoms with E-state index in [0.29, 0.717) is 17.1 Å². The molecule has 5 rings (SSSR count). The Labute approximate surface area is 234 Å². The third-order valence-electron chi connectivity index (χ3n) is 6.06. The molecule has 0 radical (unpaired) electrons. The van der Waals surface area contributed by atoms with Crippen LogP contribution in [0.4, 0.5) is 5.13 Å². The fourth-order valence-electron chi connectivity index (χ4n) is 4.41. The summed E-state index contributed by atoms with van der Waals surface area (Å²) in [5.41, 5.74) is 7.08. The van der Waals surface area contributed by atoms with Crippen molar-refractivity contribution in [3.8, 4) is 0 Å². The number of aliphatic hydroxyl groups is 1. The Kier molecular flexibility index (Phi) is 7.79. The van der Waals surface area contributed by atoms with Crippen LogP contribution in [0.3, 0.4) is 0 Å². The number of nitrogens with one attached hydrogen (secondary N) is 1. The van der Waals surface area contributed by atoms with E-state index in [1.54, 1.807) is 5.38 Å². The highest BCUT2D eigenvalue weighted by molar-refractivity contribution is 8.00. The first kappa shape index (κ1) is 27.0. The molecule has 0 aromatic carbocycles. The summed E-state index contributed by atoms with van der Waals surface area (Å²) in [7, 11) is 1.28. The Morgan fingerprint density at radius 1 is 1.41 bits per heavy atom. The molecule has 2 amide bonds. The molecule has 204 valence electrons. The first-order chi connectivity index (χ1) is 18.8. The third kappa shape index (κ3) is 5.07. The number of nitrogen functional groups attached to an aromatic ring is 1. The summed E-state index contributed by atoms with van der Waals surface area (Å²) in [6, 6.07) is 4.82. The molecule has 0 aliphatic carbocycles. The number of carboxylic acids is 1. The second-order valence-electron chi connectivity index (χ2n) is 8.40. The van der Waals surface area contributed by atoms with Crippen LogP contribution in [0.25, 0.3) is 5.65 Å². The van der Waals surface area contributed by atoms with Crippen LogP contribution in [0.5, 0.6) is 0 Å². The molecular formula is C23H24N7O6S3+. The lowest BCUT2D eigenvalue weighted by atomic mass is 10.0. The van der Waals surface area contributed by atoms with Crippen molar-refractivity contribution in [2.75, 3.05) is 31.0 Å². The van der Waals surface area contributed by atoms with E-state index in [1.165, 1.54) is 35.5 Å². The Morgan fingerprint density at radius 2 is 2.23 bits per heavy atom. The highest BCUT2D eigenvalue weighted by Gasteiger charge is 2.54. The molecule has 2 aliphatic heterocycles. The number of aliphatic hydroxyl groups excluding tert-OH is 1. The molecule has 16 heteroatoms. The maximum atomic E-state index is 13.1. The van der Waals surface area contributed by atoms with E-state index in [4.69, 9.17) is 10.6 Å². The first-order valence-corrected chi connectivity index (χ1v) is 14.5. The number of pyridine rings is 1. The number of carbonyl (C=O) groups excluding carboxylic acids is 2. The number of thiazole rings is 1. The number of carbonyl (C=O) groups is 3. The van der Waals surface area contributed by atoms with E-state index in [0.717, 1.165) is 22.0 Å². The van der Waals surface area contributed by atoms with Gasteiger partial charge >= 0.3 is 5.97 Å². The quantitative estimate of drug-likeness (QED) is 0.0835. The molecule has 2 aliphatic rings. The predicted molar refractivity (Wildman–Crippen MR) is 145 cm³/mol. The summed E-state index contributed by atoms with van der Waals surface area (Å²) in [6.45, 7) is 0.323. The van der Waals surface area contributed by atoms with Gasteiger partial charge in [0.25, 0.3) is 17.5 Å². The number of imidazole rings is 1. The largest absolute Gasteiger partial charge is 0.477 e. The highest BCUT2D eigenvalue weighted by atomic mass is 32.2. The molecule has 5 heterocycles. The summed E-state index contributed by atoms with van der Waals surface area (Å²) in [6.07, 6.45) is 3.73. The van der Waals surface area contributed by atoms with Gasteiger partial charge in [-0.25, -0.2) is 14.3 Å². The number of aromatic nitrogens is 3. The van der Waals surface area contributed by atoms with E-state index < -0.39 is 29.2 Å². The zero-order chi connectivity index (χ0) is 27.7. The van der Waals surface area contributed by atoms with E-state index in [1.807, 2.05) is 39.6 Å². The summed E-state index contributed by atoms with van der Waals surface area (Å²) in [5, 5.41) is 27.8. The number of thioether (sulfide) groups is 2. The zero-order valence-electron chi connectivity index (χ0n) is 20.5. The van der Waals surface area contributed by atoms with Crippen molar-refractivity contribution in [1.82, 2.24) is 19.6 Å². The predicted octanol–water partition coefficient (Wildman–Crippen LogP) is 0.139. The molecule has 0 bridgehead atoms. The standard InChI is InChI=1S/C23H23N7O6S3/c1-36-27-16(13-11-39-23(24)25-13)19(32)26-17-20(33)30-18(22(34)35)12(10-38-21(17)30)9-28-5-6-29-14(28)3-2-4-15(29)37-8-7-31/h2-6,11,17,21,31H,7-10H2,1H3,(H3-,24,25,26,32,34,35)/p+1/t17-,21+/m1/s1. The van der Waals surface area contributed by atoms with Gasteiger partial charge in [0, 0.05) is 28.5 Å². The van der Waals surface area contributed by atoms with Gasteiger partial charge in [-0.15, -0.1) is 23.1 Å². The van der Waals surface area contributed by atoms with Gasteiger partial charge in [0.2, 0.25) is 0 Å². The number of β-lactam (4-membered cyclic amide) rings is 1. The maximum absolute atomic E-state index is 13.1. The number of rotatable bonds is 10. The SMILES string of the molecule is CON=C(C(=O)N[C@@H]1C(=O)N2C(C(=O)O)=C(C[n+]3ccn4c(SCCO)cccc43)CS[C@@H]12)c1csc(N)n1. The average Bonchev–Trinajstić information content (AvgIpc) is 3.54. The van der Waals surface area contributed by atoms with Gasteiger partial charge in [0.1, 0.15) is 48.9 Å². The minimum atomic E-state index is -1.21. The van der Waals surface area contributed by atoms with Crippen LogP contribution < -0.4 is 15.6 Å². The van der Waals surface area contributed by atoms with Crippen molar-refractivity contribution < 1.29 is 34.0 Å². The monoisotopic (exact) mass is 590 g/mol. The van der Waals surface area contributed by atoms with Gasteiger partial charge in [-0.3, -0.25) is 14.5 Å². The van der Waals surface area contributed by atoms with Crippen molar-refractivity contribution in [1.29, 1.82) is 0 Å². The number of carboxylic acid groups (broad SMARTS) is 1. The average molecular weight is 591 g/mol. The van der Waals surface area contributed by atoms with Crippen LogP contribution in [0.15, 0.2) is 57.4 Å². The second kappa shape index (κ2) is 11.3. The summed E-state index contributed by atoms with van der Waals surface area (Å²) >= 11 is 4.01. The van der Waals surface area contributed by atoms with Crippen LogP contribution in [-0.2, 0) is 25.8 Å². The smallest absolute Gasteiger partial charge is 0.352 e. The number of nitrogens with zero attached hydrogens (tertiary/aromatic N) is 5. The lowest BCUT2D eigenvalue weighted by Gasteiger charge is -2.49. The minimum absolute atomic E-state index is 0.0564. The lowest BCUT2D eigenvalue weighted by molar-refractivity contribution is -0.662. The maximum Gasteiger partial charge on any atom is 0.352 e. The Morgan fingerprint density at radius 3 is 2.92 bits per heavy atom. The van der Waals surface area contributed by atoms with Gasteiger partial charge in [-0.05, 0) is 12.1 Å². The number of hydrogen-bond donors (Lipinski definition) is 4.